The van der Waals surface area contributed by atoms with Crippen LogP contribution >= 0.6 is 0 Å². The summed E-state index contributed by atoms with van der Waals surface area (Å²) in [5, 5.41) is 4.71. The van der Waals surface area contributed by atoms with Crippen LogP contribution in [0.4, 0.5) is 0 Å². The maximum absolute atomic E-state index is 12.5. The van der Waals surface area contributed by atoms with Crippen LogP contribution in [0, 0.1) is 0 Å². The predicted molar refractivity (Wildman–Crippen MR) is 82.2 cm³/mol. The van der Waals surface area contributed by atoms with E-state index in [-0.39, 0.29) is 11.9 Å². The Labute approximate surface area is 123 Å². The normalized spacial score (nSPS) is 27.6. The van der Waals surface area contributed by atoms with Crippen LogP contribution in [0.2, 0.25) is 0 Å². The first-order chi connectivity index (χ1) is 9.54. The highest BCUT2D eigenvalue weighted by Gasteiger charge is 2.30. The summed E-state index contributed by atoms with van der Waals surface area (Å²) in [7, 11) is -1.07. The molecule has 0 aromatic rings. The Balaban J connectivity index is 2.07. The summed E-state index contributed by atoms with van der Waals surface area (Å²) < 4.78 is 11.7. The Kier molecular flexibility index (Phi) is 5.16. The Bertz CT molecular complexity index is 480. The van der Waals surface area contributed by atoms with Gasteiger partial charge in [-0.1, -0.05) is 13.3 Å². The quantitative estimate of drug-likeness (QED) is 0.866. The Morgan fingerprint density at radius 1 is 1.45 bits per heavy atom. The summed E-state index contributed by atoms with van der Waals surface area (Å²) in [6.45, 7) is 7.84. The molecule has 2 aliphatic heterocycles. The van der Waals surface area contributed by atoms with Gasteiger partial charge in [-0.05, 0) is 51.8 Å². The molecule has 0 spiro atoms. The van der Waals surface area contributed by atoms with Crippen molar-refractivity contribution in [1.82, 2.24) is 10.2 Å². The van der Waals surface area contributed by atoms with Crippen LogP contribution in [0.1, 0.15) is 46.5 Å². The van der Waals surface area contributed by atoms with Gasteiger partial charge in [0.25, 0.3) is 0 Å². The molecule has 4 nitrogen and oxygen atoms in total. The molecular weight excluding hydrogens is 272 g/mol. The van der Waals surface area contributed by atoms with E-state index in [1.54, 1.807) is 5.41 Å². The number of piperidine rings is 1. The second-order valence-corrected chi connectivity index (χ2v) is 7.01. The number of carbonyl (C=O) groups excluding carboxylic acids is 1. The Morgan fingerprint density at radius 2 is 2.20 bits per heavy atom. The van der Waals surface area contributed by atoms with Crippen molar-refractivity contribution in [3.05, 3.63) is 21.6 Å². The first-order valence-electron chi connectivity index (χ1n) is 7.39. The third-order valence-electron chi connectivity index (χ3n) is 4.01. The van der Waals surface area contributed by atoms with E-state index in [1.165, 1.54) is 6.42 Å². The average Bonchev–Trinajstić information content (AvgIpc) is 2.66. The molecule has 0 aliphatic carbocycles. The van der Waals surface area contributed by atoms with Crippen molar-refractivity contribution < 1.29 is 9.00 Å². The fourth-order valence-electron chi connectivity index (χ4n) is 2.92. The number of hydrogen-bond donors (Lipinski definition) is 1. The molecule has 2 rings (SSSR count). The molecule has 0 saturated carbocycles. The van der Waals surface area contributed by atoms with Crippen molar-refractivity contribution in [2.75, 3.05) is 13.1 Å². The number of rotatable bonds is 4. The highest BCUT2D eigenvalue weighted by atomic mass is 32.2. The lowest BCUT2D eigenvalue weighted by Crippen LogP contribution is -2.49. The third kappa shape index (κ3) is 3.20. The Morgan fingerprint density at radius 3 is 2.80 bits per heavy atom. The number of nitrogens with zero attached hydrogens (tertiary/aromatic N) is 1. The molecule has 0 aromatic heterocycles. The molecule has 112 valence electrons. The van der Waals surface area contributed by atoms with E-state index >= 15 is 0 Å². The lowest BCUT2D eigenvalue weighted by Gasteiger charge is -2.34. The largest absolute Gasteiger partial charge is 0.324 e. The number of nitrogens with one attached hydrogen (secondary N) is 1. The van der Waals surface area contributed by atoms with Crippen molar-refractivity contribution in [1.29, 1.82) is 0 Å². The van der Waals surface area contributed by atoms with Gasteiger partial charge in [-0.25, -0.2) is 4.21 Å². The SMILES string of the molecule is CCCN1CCCC[C@H]1C(=O)NC1=C(C)S(=O)C=C1C. The minimum absolute atomic E-state index is 0.0363. The molecule has 0 aromatic carbocycles. The summed E-state index contributed by atoms with van der Waals surface area (Å²) in [5.41, 5.74) is 1.67. The van der Waals surface area contributed by atoms with Crippen molar-refractivity contribution in [3.8, 4) is 0 Å². The van der Waals surface area contributed by atoms with Gasteiger partial charge in [0.15, 0.2) is 0 Å². The maximum atomic E-state index is 12.5. The number of carbonyl (C=O) groups is 1. The monoisotopic (exact) mass is 296 g/mol. The third-order valence-corrected chi connectivity index (χ3v) is 5.38. The van der Waals surface area contributed by atoms with Crippen molar-refractivity contribution in [3.63, 3.8) is 0 Å². The number of likely N-dealkylation sites (tertiary alicyclic amines) is 1. The van der Waals surface area contributed by atoms with Gasteiger partial charge in [0.2, 0.25) is 5.91 Å². The molecular formula is C15H24N2O2S. The number of allylic oxidation sites excluding steroid dienone is 2. The summed E-state index contributed by atoms with van der Waals surface area (Å²) >= 11 is 0. The van der Waals surface area contributed by atoms with E-state index in [9.17, 15) is 9.00 Å². The average molecular weight is 296 g/mol. The number of hydrogen-bond acceptors (Lipinski definition) is 3. The molecule has 1 saturated heterocycles. The highest BCUT2D eigenvalue weighted by Crippen LogP contribution is 2.25. The zero-order valence-corrected chi connectivity index (χ0v) is 13.4. The molecule has 1 fully saturated rings. The molecule has 1 N–H and O–H groups in total. The Hall–Kier alpha value is -0.940. The van der Waals surface area contributed by atoms with Crippen LogP contribution in [0.15, 0.2) is 21.6 Å². The van der Waals surface area contributed by atoms with Gasteiger partial charge in [0.05, 0.1) is 22.5 Å². The van der Waals surface area contributed by atoms with E-state index < -0.39 is 10.8 Å². The number of amides is 1. The fraction of sp³-hybridized carbons (Fsp3) is 0.667. The highest BCUT2D eigenvalue weighted by molar-refractivity contribution is 7.92. The van der Waals surface area contributed by atoms with Crippen molar-refractivity contribution in [2.24, 2.45) is 0 Å². The summed E-state index contributed by atoms with van der Waals surface area (Å²) in [6.07, 6.45) is 4.27. The zero-order valence-electron chi connectivity index (χ0n) is 12.6. The second-order valence-electron chi connectivity index (χ2n) is 5.57. The molecule has 20 heavy (non-hydrogen) atoms. The van der Waals surface area contributed by atoms with Crippen LogP contribution in [-0.2, 0) is 15.6 Å². The first-order valence-corrected chi connectivity index (χ1v) is 8.61. The van der Waals surface area contributed by atoms with Crippen molar-refractivity contribution in [2.45, 2.75) is 52.5 Å². The zero-order chi connectivity index (χ0) is 14.7. The molecule has 2 atom stereocenters. The lowest BCUT2D eigenvalue weighted by atomic mass is 10.0. The lowest BCUT2D eigenvalue weighted by molar-refractivity contribution is -0.126. The van der Waals surface area contributed by atoms with Gasteiger partial charge >= 0.3 is 0 Å². The minimum atomic E-state index is -1.07. The van der Waals surface area contributed by atoms with E-state index in [0.29, 0.717) is 0 Å². The van der Waals surface area contributed by atoms with E-state index in [1.807, 2.05) is 13.8 Å². The summed E-state index contributed by atoms with van der Waals surface area (Å²) in [6, 6.07) is -0.0363. The molecule has 0 radical (unpaired) electrons. The van der Waals surface area contributed by atoms with Crippen LogP contribution in [0.5, 0.6) is 0 Å². The van der Waals surface area contributed by atoms with Crippen LogP contribution in [-0.4, -0.2) is 34.1 Å². The minimum Gasteiger partial charge on any atom is -0.324 e. The maximum Gasteiger partial charge on any atom is 0.241 e. The molecule has 1 amide bonds. The second kappa shape index (κ2) is 6.68. The van der Waals surface area contributed by atoms with E-state index in [2.05, 4.69) is 17.1 Å². The molecule has 5 heteroatoms. The smallest absolute Gasteiger partial charge is 0.241 e. The van der Waals surface area contributed by atoms with Crippen LogP contribution in [0.3, 0.4) is 0 Å². The van der Waals surface area contributed by atoms with Crippen LogP contribution < -0.4 is 5.32 Å². The first kappa shape index (κ1) is 15.4. The molecule has 1 unspecified atom stereocenters. The van der Waals surface area contributed by atoms with Gasteiger partial charge in [-0.15, -0.1) is 0 Å². The molecule has 2 heterocycles. The van der Waals surface area contributed by atoms with Gasteiger partial charge in [0, 0.05) is 10.3 Å². The van der Waals surface area contributed by atoms with Crippen LogP contribution in [0.25, 0.3) is 0 Å². The van der Waals surface area contributed by atoms with E-state index in [4.69, 9.17) is 0 Å². The topological polar surface area (TPSA) is 49.4 Å². The predicted octanol–water partition coefficient (Wildman–Crippen LogP) is 2.26. The summed E-state index contributed by atoms with van der Waals surface area (Å²) in [4.78, 5) is 15.6. The fourth-order valence-corrected chi connectivity index (χ4v) is 3.95. The van der Waals surface area contributed by atoms with Gasteiger partial charge < -0.3 is 5.32 Å². The molecule has 0 bridgehead atoms. The van der Waals surface area contributed by atoms with Gasteiger partial charge in [0.1, 0.15) is 0 Å². The molecule has 2 aliphatic rings. The van der Waals surface area contributed by atoms with E-state index in [0.717, 1.165) is 48.5 Å². The van der Waals surface area contributed by atoms with Gasteiger partial charge in [-0.2, -0.15) is 0 Å². The van der Waals surface area contributed by atoms with Crippen molar-refractivity contribution >= 4 is 16.7 Å². The summed E-state index contributed by atoms with van der Waals surface area (Å²) in [5.74, 6) is 0.0548. The van der Waals surface area contributed by atoms with Gasteiger partial charge in [-0.3, -0.25) is 9.69 Å². The standard InChI is InChI=1S/C15H24N2O2S/c1-4-8-17-9-6-5-7-13(17)15(18)16-14-11(2)10-20(19)12(14)3/h10,13H,4-9H2,1-3H3,(H,16,18)/t13-,20?/m0/s1.